The highest BCUT2D eigenvalue weighted by atomic mass is 19.4. The van der Waals surface area contributed by atoms with Crippen LogP contribution in [0.3, 0.4) is 0 Å². The smallest absolute Gasteiger partial charge is 0.383 e. The third-order valence-electron chi connectivity index (χ3n) is 4.51. The van der Waals surface area contributed by atoms with Crippen molar-refractivity contribution in [3.8, 4) is 0 Å². The number of nitrogens with one attached hydrogen (secondary N) is 2. The van der Waals surface area contributed by atoms with E-state index in [1.807, 2.05) is 30.3 Å². The number of halogens is 3. The van der Waals surface area contributed by atoms with Crippen molar-refractivity contribution >= 4 is 11.7 Å². The number of anilines is 1. The van der Waals surface area contributed by atoms with E-state index >= 15 is 0 Å². The fourth-order valence-corrected chi connectivity index (χ4v) is 2.90. The summed E-state index contributed by atoms with van der Waals surface area (Å²) in [5, 5.41) is 16.1. The lowest BCUT2D eigenvalue weighted by Crippen LogP contribution is -2.43. The highest BCUT2D eigenvalue weighted by Gasteiger charge is 2.45. The first-order valence-corrected chi connectivity index (χ1v) is 8.29. The number of carbonyl (C=O) groups excluding carboxylic acids is 1. The largest absolute Gasteiger partial charge is 0.416 e. The number of amides is 2. The van der Waals surface area contributed by atoms with Gasteiger partial charge in [-0.05, 0) is 48.6 Å². The molecule has 0 radical (unpaired) electrons. The molecule has 0 bridgehead atoms. The van der Waals surface area contributed by atoms with Gasteiger partial charge in [-0.2, -0.15) is 13.2 Å². The van der Waals surface area contributed by atoms with Crippen LogP contribution in [-0.4, -0.2) is 17.7 Å². The van der Waals surface area contributed by atoms with Crippen molar-refractivity contribution in [3.63, 3.8) is 0 Å². The molecule has 138 valence electrons. The van der Waals surface area contributed by atoms with Gasteiger partial charge in [0.1, 0.15) is 5.60 Å². The Kier molecular flexibility index (Phi) is 4.91. The molecule has 1 aliphatic rings. The number of hydrogen-bond acceptors (Lipinski definition) is 2. The lowest BCUT2D eigenvalue weighted by Gasteiger charge is -2.29. The lowest BCUT2D eigenvalue weighted by molar-refractivity contribution is -0.137. The van der Waals surface area contributed by atoms with Crippen molar-refractivity contribution in [2.45, 2.75) is 24.6 Å². The second-order valence-electron chi connectivity index (χ2n) is 6.45. The second kappa shape index (κ2) is 6.99. The number of alkyl halides is 3. The minimum atomic E-state index is -4.42. The summed E-state index contributed by atoms with van der Waals surface area (Å²) in [4.78, 5) is 12.1. The quantitative estimate of drug-likeness (QED) is 0.747. The molecule has 7 heteroatoms. The molecular formula is C19H19F3N2O2. The topological polar surface area (TPSA) is 61.4 Å². The van der Waals surface area contributed by atoms with Crippen LogP contribution in [-0.2, 0) is 11.8 Å². The Labute approximate surface area is 149 Å². The van der Waals surface area contributed by atoms with Gasteiger partial charge in [0.15, 0.2) is 0 Å². The molecule has 0 aliphatic heterocycles. The van der Waals surface area contributed by atoms with E-state index in [-0.39, 0.29) is 18.2 Å². The first-order chi connectivity index (χ1) is 12.3. The predicted molar refractivity (Wildman–Crippen MR) is 91.5 cm³/mol. The van der Waals surface area contributed by atoms with Gasteiger partial charge in [-0.25, -0.2) is 4.79 Å². The van der Waals surface area contributed by atoms with Crippen LogP contribution in [0.25, 0.3) is 0 Å². The first-order valence-electron chi connectivity index (χ1n) is 8.29. The Morgan fingerprint density at radius 1 is 1.00 bits per heavy atom. The van der Waals surface area contributed by atoms with E-state index < -0.39 is 23.4 Å². The molecule has 1 fully saturated rings. The summed E-state index contributed by atoms with van der Waals surface area (Å²) >= 11 is 0. The van der Waals surface area contributed by atoms with Gasteiger partial charge in [-0.1, -0.05) is 30.3 Å². The summed E-state index contributed by atoms with van der Waals surface area (Å²) in [6.45, 7) is 0.0220. The number of hydrogen-bond donors (Lipinski definition) is 3. The summed E-state index contributed by atoms with van der Waals surface area (Å²) in [6, 6.07) is 12.7. The van der Waals surface area contributed by atoms with Gasteiger partial charge in [0.2, 0.25) is 0 Å². The van der Waals surface area contributed by atoms with Crippen LogP contribution in [0.15, 0.2) is 54.6 Å². The molecule has 0 saturated heterocycles. The van der Waals surface area contributed by atoms with Gasteiger partial charge < -0.3 is 15.7 Å². The molecule has 1 saturated carbocycles. The number of carbonyl (C=O) groups is 1. The summed E-state index contributed by atoms with van der Waals surface area (Å²) in [5.74, 6) is 0.0799. The number of benzene rings is 2. The summed E-state index contributed by atoms with van der Waals surface area (Å²) < 4.78 is 37.6. The third-order valence-corrected chi connectivity index (χ3v) is 4.51. The monoisotopic (exact) mass is 364 g/mol. The van der Waals surface area contributed by atoms with Crippen molar-refractivity contribution in [2.24, 2.45) is 5.92 Å². The molecule has 2 aromatic rings. The lowest BCUT2D eigenvalue weighted by atomic mass is 9.89. The molecule has 26 heavy (non-hydrogen) atoms. The fourth-order valence-electron chi connectivity index (χ4n) is 2.90. The van der Waals surface area contributed by atoms with Crippen LogP contribution in [0.2, 0.25) is 0 Å². The van der Waals surface area contributed by atoms with Crippen LogP contribution >= 0.6 is 0 Å². The molecular weight excluding hydrogens is 345 g/mol. The maximum absolute atomic E-state index is 12.5. The van der Waals surface area contributed by atoms with Crippen LogP contribution in [0.5, 0.6) is 0 Å². The Bertz CT molecular complexity index is 759. The summed E-state index contributed by atoms with van der Waals surface area (Å²) in [6.07, 6.45) is -2.65. The van der Waals surface area contributed by atoms with E-state index in [4.69, 9.17) is 0 Å². The third kappa shape index (κ3) is 4.16. The second-order valence-corrected chi connectivity index (χ2v) is 6.45. The molecule has 0 spiro atoms. The zero-order valence-electron chi connectivity index (χ0n) is 13.9. The van der Waals surface area contributed by atoms with Gasteiger partial charge in [0.25, 0.3) is 0 Å². The number of urea groups is 1. The normalized spacial score (nSPS) is 16.6. The van der Waals surface area contributed by atoms with Crippen molar-refractivity contribution in [2.75, 3.05) is 11.9 Å². The molecule has 2 aromatic carbocycles. The van der Waals surface area contributed by atoms with E-state index in [1.165, 1.54) is 12.1 Å². The van der Waals surface area contributed by atoms with Crippen molar-refractivity contribution < 1.29 is 23.1 Å². The molecule has 4 nitrogen and oxygen atoms in total. The van der Waals surface area contributed by atoms with E-state index in [2.05, 4.69) is 10.6 Å². The average molecular weight is 364 g/mol. The fraction of sp³-hybridized carbons (Fsp3) is 0.316. The van der Waals surface area contributed by atoms with E-state index in [0.717, 1.165) is 30.5 Å². The minimum absolute atomic E-state index is 0.0220. The van der Waals surface area contributed by atoms with Crippen LogP contribution in [0.1, 0.15) is 24.0 Å². The molecule has 3 N–H and O–H groups in total. The van der Waals surface area contributed by atoms with E-state index in [1.54, 1.807) is 0 Å². The maximum atomic E-state index is 12.5. The summed E-state index contributed by atoms with van der Waals surface area (Å²) in [5.41, 5.74) is -0.961. The molecule has 0 heterocycles. The first kappa shape index (κ1) is 18.3. The average Bonchev–Trinajstić information content (AvgIpc) is 3.46. The van der Waals surface area contributed by atoms with Gasteiger partial charge in [0.05, 0.1) is 12.1 Å². The number of rotatable bonds is 5. The standard InChI is InChI=1S/C19H19F3N2O2/c20-19(21,22)15-8-10-16(11-9-15)24-17(25)23-12-18(26,14-6-7-14)13-4-2-1-3-5-13/h1-5,8-11,14,26H,6-7,12H2,(H2,23,24,25). The Morgan fingerprint density at radius 3 is 2.15 bits per heavy atom. The van der Waals surface area contributed by atoms with Crippen molar-refractivity contribution in [3.05, 3.63) is 65.7 Å². The molecule has 2 amide bonds. The SMILES string of the molecule is O=C(NCC(O)(c1ccccc1)C1CC1)Nc1ccc(C(F)(F)F)cc1. The molecule has 1 atom stereocenters. The molecule has 1 aliphatic carbocycles. The highest BCUT2D eigenvalue weighted by molar-refractivity contribution is 5.89. The van der Waals surface area contributed by atoms with Gasteiger partial charge in [-0.3, -0.25) is 0 Å². The summed E-state index contributed by atoms with van der Waals surface area (Å²) in [7, 11) is 0. The van der Waals surface area contributed by atoms with Crippen LogP contribution in [0, 0.1) is 5.92 Å². The molecule has 1 unspecified atom stereocenters. The zero-order valence-corrected chi connectivity index (χ0v) is 13.9. The molecule has 0 aromatic heterocycles. The van der Waals surface area contributed by atoms with Gasteiger partial charge >= 0.3 is 12.2 Å². The van der Waals surface area contributed by atoms with E-state index in [9.17, 15) is 23.1 Å². The van der Waals surface area contributed by atoms with Crippen LogP contribution < -0.4 is 10.6 Å². The minimum Gasteiger partial charge on any atom is -0.383 e. The Morgan fingerprint density at radius 2 is 1.62 bits per heavy atom. The highest BCUT2D eigenvalue weighted by Crippen LogP contribution is 2.45. The molecule has 3 rings (SSSR count). The van der Waals surface area contributed by atoms with Gasteiger partial charge in [0, 0.05) is 5.69 Å². The van der Waals surface area contributed by atoms with Gasteiger partial charge in [-0.15, -0.1) is 0 Å². The predicted octanol–water partition coefficient (Wildman–Crippen LogP) is 4.12. The Hall–Kier alpha value is -2.54. The van der Waals surface area contributed by atoms with Crippen molar-refractivity contribution in [1.29, 1.82) is 0 Å². The van der Waals surface area contributed by atoms with Crippen molar-refractivity contribution in [1.82, 2.24) is 5.32 Å². The Balaban J connectivity index is 1.61. The number of aliphatic hydroxyl groups is 1. The van der Waals surface area contributed by atoms with Crippen LogP contribution in [0.4, 0.5) is 23.7 Å². The van der Waals surface area contributed by atoms with E-state index in [0.29, 0.717) is 0 Å². The zero-order chi connectivity index (χ0) is 18.8. The maximum Gasteiger partial charge on any atom is 0.416 e.